The first-order chi connectivity index (χ1) is 19.4. The molecule has 0 spiro atoms. The molecule has 1 fully saturated rings. The van der Waals surface area contributed by atoms with Crippen molar-refractivity contribution in [1.82, 2.24) is 9.88 Å². The molecule has 2 heterocycles. The van der Waals surface area contributed by atoms with Crippen LogP contribution < -0.4 is 30.2 Å². The Hall–Kier alpha value is -4.57. The van der Waals surface area contributed by atoms with Crippen molar-refractivity contribution >= 4 is 34.0 Å². The van der Waals surface area contributed by atoms with E-state index in [1.54, 1.807) is 44.7 Å². The summed E-state index contributed by atoms with van der Waals surface area (Å²) < 4.78 is 31.6. The molecule has 0 aliphatic carbocycles. The van der Waals surface area contributed by atoms with Crippen LogP contribution in [0.4, 0.5) is 26.2 Å². The lowest BCUT2D eigenvalue weighted by Crippen LogP contribution is -2.36. The number of hydrogen-bond acceptors (Lipinski definition) is 7. The third-order valence-corrected chi connectivity index (χ3v) is 6.86. The minimum absolute atomic E-state index is 0.0244. The van der Waals surface area contributed by atoms with Crippen LogP contribution in [0.5, 0.6) is 23.0 Å². The van der Waals surface area contributed by atoms with Crippen LogP contribution in [0.1, 0.15) is 12.8 Å². The van der Waals surface area contributed by atoms with E-state index in [-0.39, 0.29) is 11.4 Å². The Morgan fingerprint density at radius 3 is 2.30 bits per heavy atom. The maximum Gasteiger partial charge on any atom is 0.323 e. The van der Waals surface area contributed by atoms with E-state index >= 15 is 0 Å². The first kappa shape index (κ1) is 27.0. The van der Waals surface area contributed by atoms with Gasteiger partial charge in [0.15, 0.2) is 11.5 Å². The van der Waals surface area contributed by atoms with Gasteiger partial charge in [-0.3, -0.25) is 4.98 Å². The second-order valence-electron chi connectivity index (χ2n) is 9.66. The molecule has 1 aromatic heterocycles. The summed E-state index contributed by atoms with van der Waals surface area (Å²) in [5.41, 5.74) is 2.26. The predicted molar refractivity (Wildman–Crippen MR) is 155 cm³/mol. The lowest BCUT2D eigenvalue weighted by Gasteiger charge is -2.30. The first-order valence-corrected chi connectivity index (χ1v) is 13.0. The fourth-order valence-electron chi connectivity index (χ4n) is 4.65. The van der Waals surface area contributed by atoms with Gasteiger partial charge in [0, 0.05) is 41.1 Å². The summed E-state index contributed by atoms with van der Waals surface area (Å²) in [5.74, 6) is 1.16. The summed E-state index contributed by atoms with van der Waals surface area (Å²) in [7, 11) is 5.23. The predicted octanol–water partition coefficient (Wildman–Crippen LogP) is 6.33. The Bertz CT molecular complexity index is 1490. The molecule has 2 amide bonds. The summed E-state index contributed by atoms with van der Waals surface area (Å²) in [6.07, 6.45) is 3.78. The molecule has 1 saturated heterocycles. The van der Waals surface area contributed by atoms with Crippen molar-refractivity contribution in [2.75, 3.05) is 50.3 Å². The molecule has 208 valence electrons. The van der Waals surface area contributed by atoms with E-state index in [1.807, 2.05) is 24.3 Å². The van der Waals surface area contributed by atoms with Gasteiger partial charge in [0.25, 0.3) is 0 Å². The lowest BCUT2D eigenvalue weighted by molar-refractivity contribution is 0.262. The highest BCUT2D eigenvalue weighted by molar-refractivity contribution is 6.00. The molecule has 10 heteroatoms. The van der Waals surface area contributed by atoms with Gasteiger partial charge in [-0.25, -0.2) is 9.18 Å². The lowest BCUT2D eigenvalue weighted by atomic mass is 10.1. The molecule has 0 unspecified atom stereocenters. The summed E-state index contributed by atoms with van der Waals surface area (Å²) in [5, 5.41) is 9.50. The van der Waals surface area contributed by atoms with Crippen molar-refractivity contribution < 1.29 is 23.4 Å². The van der Waals surface area contributed by atoms with Gasteiger partial charge in [-0.1, -0.05) is 0 Å². The van der Waals surface area contributed by atoms with E-state index in [0.29, 0.717) is 39.9 Å². The topological polar surface area (TPSA) is 97.0 Å². The number of nitrogens with zero attached hydrogens (tertiary/aromatic N) is 2. The number of nitrogens with one attached hydrogen (secondary N) is 3. The van der Waals surface area contributed by atoms with Crippen molar-refractivity contribution in [1.29, 1.82) is 0 Å². The number of halogens is 1. The van der Waals surface area contributed by atoms with Gasteiger partial charge in [-0.2, -0.15) is 0 Å². The number of amides is 2. The molecule has 4 aromatic rings. The number of ether oxygens (including phenoxy) is 3. The largest absolute Gasteiger partial charge is 0.493 e. The highest BCUT2D eigenvalue weighted by Crippen LogP contribution is 2.37. The number of urea groups is 1. The highest BCUT2D eigenvalue weighted by atomic mass is 19.1. The molecular formula is C30H32FN5O4. The second-order valence-corrected chi connectivity index (χ2v) is 9.66. The number of likely N-dealkylation sites (tertiary alicyclic amines) is 1. The molecule has 9 nitrogen and oxygen atoms in total. The van der Waals surface area contributed by atoms with E-state index in [4.69, 9.17) is 14.2 Å². The van der Waals surface area contributed by atoms with Crippen molar-refractivity contribution in [3.63, 3.8) is 0 Å². The van der Waals surface area contributed by atoms with Crippen LogP contribution in [0.25, 0.3) is 10.9 Å². The van der Waals surface area contributed by atoms with E-state index in [1.165, 1.54) is 12.1 Å². The van der Waals surface area contributed by atoms with Crippen LogP contribution in [0.3, 0.4) is 0 Å². The van der Waals surface area contributed by atoms with Gasteiger partial charge in [0.2, 0.25) is 0 Å². The average molecular weight is 546 g/mol. The number of carbonyl (C=O) groups is 1. The molecule has 0 bridgehead atoms. The number of carbonyl (C=O) groups excluding carboxylic acids is 1. The fourth-order valence-corrected chi connectivity index (χ4v) is 4.65. The first-order valence-electron chi connectivity index (χ1n) is 13.0. The summed E-state index contributed by atoms with van der Waals surface area (Å²) in [6.45, 7) is 2.15. The van der Waals surface area contributed by atoms with Crippen LogP contribution in [0, 0.1) is 5.82 Å². The Morgan fingerprint density at radius 1 is 0.900 bits per heavy atom. The van der Waals surface area contributed by atoms with Gasteiger partial charge < -0.3 is 35.1 Å². The Morgan fingerprint density at radius 2 is 1.60 bits per heavy atom. The number of pyridine rings is 1. The number of fused-ring (bicyclic) bond motifs is 1. The van der Waals surface area contributed by atoms with Crippen LogP contribution >= 0.6 is 0 Å². The quantitative estimate of drug-likeness (QED) is 0.238. The third-order valence-electron chi connectivity index (χ3n) is 6.86. The smallest absolute Gasteiger partial charge is 0.323 e. The summed E-state index contributed by atoms with van der Waals surface area (Å²) in [4.78, 5) is 19.2. The van der Waals surface area contributed by atoms with Gasteiger partial charge in [0.1, 0.15) is 17.3 Å². The average Bonchev–Trinajstić information content (AvgIpc) is 2.96. The van der Waals surface area contributed by atoms with Crippen molar-refractivity contribution in [2.24, 2.45) is 0 Å². The molecule has 0 radical (unpaired) electrons. The van der Waals surface area contributed by atoms with Gasteiger partial charge in [-0.15, -0.1) is 0 Å². The number of hydrogen-bond donors (Lipinski definition) is 3. The number of benzene rings is 3. The number of rotatable bonds is 8. The molecule has 5 rings (SSSR count). The monoisotopic (exact) mass is 545 g/mol. The SMILES string of the molecule is COc1cc2nccc(Oc3ccc(NC(=O)Nc4ccc(NC5CCN(C)CC5)cc4)c(F)c3)c2cc1OC. The zero-order chi connectivity index (χ0) is 28.1. The zero-order valence-electron chi connectivity index (χ0n) is 22.7. The van der Waals surface area contributed by atoms with Crippen molar-refractivity contribution in [3.05, 3.63) is 72.7 Å². The van der Waals surface area contributed by atoms with Gasteiger partial charge in [0.05, 0.1) is 25.4 Å². The maximum atomic E-state index is 14.9. The Labute approximate surface area is 232 Å². The molecule has 40 heavy (non-hydrogen) atoms. The summed E-state index contributed by atoms with van der Waals surface area (Å²) in [6, 6.07) is 16.8. The zero-order valence-corrected chi connectivity index (χ0v) is 22.7. The number of piperidine rings is 1. The van der Waals surface area contributed by atoms with Gasteiger partial charge in [-0.05, 0) is 81.5 Å². The minimum Gasteiger partial charge on any atom is -0.493 e. The van der Waals surface area contributed by atoms with E-state index in [9.17, 15) is 9.18 Å². The van der Waals surface area contributed by atoms with Crippen LogP contribution in [0.15, 0.2) is 66.9 Å². The van der Waals surface area contributed by atoms with Crippen LogP contribution in [0.2, 0.25) is 0 Å². The van der Waals surface area contributed by atoms with Crippen LogP contribution in [-0.2, 0) is 0 Å². The molecule has 1 aliphatic heterocycles. The number of aromatic nitrogens is 1. The number of anilines is 3. The standard InChI is InChI=1S/C30H32FN5O4/c1-36-14-11-21(12-15-36)33-19-4-6-20(7-5-19)34-30(37)35-25-9-8-22(16-24(25)31)40-27-10-13-32-26-18-29(39-3)28(38-2)17-23(26)27/h4-10,13,16-18,21,33H,11-12,14-15H2,1-3H3,(H2,34,35,37). The molecule has 3 N–H and O–H groups in total. The third kappa shape index (κ3) is 6.35. The highest BCUT2D eigenvalue weighted by Gasteiger charge is 2.17. The molecular weight excluding hydrogens is 513 g/mol. The van der Waals surface area contributed by atoms with E-state index in [2.05, 4.69) is 32.9 Å². The molecule has 3 aromatic carbocycles. The van der Waals surface area contributed by atoms with Crippen LogP contribution in [-0.4, -0.2) is 56.3 Å². The maximum absolute atomic E-state index is 14.9. The molecule has 1 aliphatic rings. The molecule has 0 atom stereocenters. The normalized spacial score (nSPS) is 14.0. The van der Waals surface area contributed by atoms with E-state index < -0.39 is 11.8 Å². The number of methoxy groups -OCH3 is 2. The minimum atomic E-state index is -0.636. The van der Waals surface area contributed by atoms with E-state index in [0.717, 1.165) is 31.6 Å². The van der Waals surface area contributed by atoms with Crippen molar-refractivity contribution in [2.45, 2.75) is 18.9 Å². The van der Waals surface area contributed by atoms with Crippen molar-refractivity contribution in [3.8, 4) is 23.0 Å². The Balaban J connectivity index is 1.20. The Kier molecular flexibility index (Phi) is 8.16. The summed E-state index contributed by atoms with van der Waals surface area (Å²) >= 11 is 0. The molecule has 0 saturated carbocycles. The van der Waals surface area contributed by atoms with Gasteiger partial charge >= 0.3 is 6.03 Å². The fraction of sp³-hybridized carbons (Fsp3) is 0.267. The second kappa shape index (κ2) is 12.1.